The highest BCUT2D eigenvalue weighted by Gasteiger charge is 2.12. The van der Waals surface area contributed by atoms with Gasteiger partial charge in [0.15, 0.2) is 0 Å². The Balaban J connectivity index is 1.29. The molecule has 0 unspecified atom stereocenters. The van der Waals surface area contributed by atoms with Crippen molar-refractivity contribution in [3.8, 4) is 28.7 Å². The van der Waals surface area contributed by atoms with Gasteiger partial charge in [-0.15, -0.1) is 0 Å². The molecule has 0 aliphatic rings. The molecule has 0 spiro atoms. The highest BCUT2D eigenvalue weighted by atomic mass is 16.7. The minimum atomic E-state index is -0.840. The Bertz CT molecular complexity index is 1570. The standard InChI is InChI=1S/C32H25NO7/c1-2-30(34)37-17-3-4-18-38-32(36)40-29-16-13-25-19-27(10-9-26(25)20-29)31(35)39-28-14-11-24(12-15-28)23-7-5-22(21-33)6-8-23/h2,5-16,19-20H,1,3-4,17-18H2. The minimum absolute atomic E-state index is 0.127. The van der Waals surface area contributed by atoms with E-state index >= 15 is 0 Å². The molecule has 200 valence electrons. The molecule has 0 atom stereocenters. The van der Waals surface area contributed by atoms with E-state index in [1.54, 1.807) is 60.7 Å². The van der Waals surface area contributed by atoms with E-state index in [1.807, 2.05) is 24.3 Å². The molecule has 4 aromatic rings. The Hall–Kier alpha value is -5.42. The monoisotopic (exact) mass is 535 g/mol. The third-order valence-electron chi connectivity index (χ3n) is 5.83. The van der Waals surface area contributed by atoms with Gasteiger partial charge >= 0.3 is 18.1 Å². The summed E-state index contributed by atoms with van der Waals surface area (Å²) >= 11 is 0. The first-order chi connectivity index (χ1) is 19.4. The van der Waals surface area contributed by atoms with Crippen LogP contribution in [0.1, 0.15) is 28.8 Å². The van der Waals surface area contributed by atoms with Gasteiger partial charge in [0.1, 0.15) is 11.5 Å². The number of ether oxygens (including phenoxy) is 4. The smallest absolute Gasteiger partial charge is 0.463 e. The van der Waals surface area contributed by atoms with Crippen LogP contribution < -0.4 is 9.47 Å². The third kappa shape index (κ3) is 7.55. The minimum Gasteiger partial charge on any atom is -0.463 e. The summed E-state index contributed by atoms with van der Waals surface area (Å²) in [4.78, 5) is 35.7. The largest absolute Gasteiger partial charge is 0.513 e. The van der Waals surface area contributed by atoms with Gasteiger partial charge in [-0.2, -0.15) is 5.26 Å². The second-order valence-electron chi connectivity index (χ2n) is 8.61. The van der Waals surface area contributed by atoms with Crippen molar-refractivity contribution < 1.29 is 33.3 Å². The molecule has 0 N–H and O–H groups in total. The van der Waals surface area contributed by atoms with E-state index in [0.717, 1.165) is 28.0 Å². The summed E-state index contributed by atoms with van der Waals surface area (Å²) in [6.07, 6.45) is 1.30. The molecule has 0 aliphatic carbocycles. The summed E-state index contributed by atoms with van der Waals surface area (Å²) in [6, 6.07) is 26.5. The number of nitrogens with zero attached hydrogens (tertiary/aromatic N) is 1. The van der Waals surface area contributed by atoms with Crippen LogP contribution in [0.15, 0.2) is 97.6 Å². The summed E-state index contributed by atoms with van der Waals surface area (Å²) in [5.41, 5.74) is 2.84. The molecular formula is C32H25NO7. The van der Waals surface area contributed by atoms with E-state index in [2.05, 4.69) is 12.6 Å². The Labute approximate surface area is 231 Å². The van der Waals surface area contributed by atoms with E-state index in [0.29, 0.717) is 35.5 Å². The fourth-order valence-corrected chi connectivity index (χ4v) is 3.75. The molecule has 8 nitrogen and oxygen atoms in total. The molecule has 0 radical (unpaired) electrons. The van der Waals surface area contributed by atoms with Gasteiger partial charge in [-0.3, -0.25) is 0 Å². The zero-order valence-corrected chi connectivity index (χ0v) is 21.5. The Morgan fingerprint density at radius 3 is 2.00 bits per heavy atom. The van der Waals surface area contributed by atoms with E-state index in [-0.39, 0.29) is 13.2 Å². The lowest BCUT2D eigenvalue weighted by Crippen LogP contribution is -2.12. The van der Waals surface area contributed by atoms with Gasteiger partial charge in [-0.25, -0.2) is 14.4 Å². The number of nitriles is 1. The molecule has 0 bridgehead atoms. The molecule has 0 saturated heterocycles. The molecule has 0 fully saturated rings. The number of fused-ring (bicyclic) bond motifs is 1. The molecule has 0 saturated carbocycles. The molecule has 8 heteroatoms. The van der Waals surface area contributed by atoms with Crippen molar-refractivity contribution in [2.24, 2.45) is 0 Å². The number of rotatable bonds is 10. The van der Waals surface area contributed by atoms with Gasteiger partial charge < -0.3 is 18.9 Å². The molecule has 0 aliphatic heterocycles. The summed E-state index contributed by atoms with van der Waals surface area (Å²) in [5.74, 6) is -0.291. The maximum atomic E-state index is 12.7. The van der Waals surface area contributed by atoms with E-state index in [4.69, 9.17) is 24.2 Å². The number of hydrogen-bond acceptors (Lipinski definition) is 8. The maximum Gasteiger partial charge on any atom is 0.513 e. The Kier molecular flexibility index (Phi) is 9.25. The maximum absolute atomic E-state index is 12.7. The van der Waals surface area contributed by atoms with Crippen molar-refractivity contribution in [3.05, 3.63) is 109 Å². The van der Waals surface area contributed by atoms with Crippen LogP contribution in [0.3, 0.4) is 0 Å². The van der Waals surface area contributed by atoms with Crippen LogP contribution in [0.4, 0.5) is 4.79 Å². The molecule has 0 heterocycles. The topological polar surface area (TPSA) is 112 Å². The van der Waals surface area contributed by atoms with Gasteiger partial charge in [-0.05, 0) is 83.3 Å². The molecule has 4 rings (SSSR count). The number of esters is 2. The van der Waals surface area contributed by atoms with E-state index in [1.165, 1.54) is 0 Å². The van der Waals surface area contributed by atoms with Crippen LogP contribution in [0, 0.1) is 11.3 Å². The van der Waals surface area contributed by atoms with E-state index in [9.17, 15) is 14.4 Å². The predicted octanol–water partition coefficient (Wildman–Crippen LogP) is 6.62. The summed E-state index contributed by atoms with van der Waals surface area (Å²) in [7, 11) is 0. The van der Waals surface area contributed by atoms with Crippen molar-refractivity contribution >= 4 is 28.9 Å². The lowest BCUT2D eigenvalue weighted by atomic mass is 10.0. The van der Waals surface area contributed by atoms with Gasteiger partial charge in [0.25, 0.3) is 0 Å². The second kappa shape index (κ2) is 13.4. The van der Waals surface area contributed by atoms with E-state index < -0.39 is 18.1 Å². The number of carbonyl (C=O) groups is 3. The summed E-state index contributed by atoms with van der Waals surface area (Å²) < 4.78 is 20.7. The normalized spacial score (nSPS) is 10.3. The van der Waals surface area contributed by atoms with Crippen LogP contribution >= 0.6 is 0 Å². The fraction of sp³-hybridized carbons (Fsp3) is 0.125. The van der Waals surface area contributed by atoms with Gasteiger partial charge in [0, 0.05) is 6.08 Å². The van der Waals surface area contributed by atoms with Gasteiger partial charge in [0.05, 0.1) is 30.4 Å². The first-order valence-corrected chi connectivity index (χ1v) is 12.5. The van der Waals surface area contributed by atoms with Crippen LogP contribution in [0.5, 0.6) is 11.5 Å². The molecule has 0 aromatic heterocycles. The molecule has 4 aromatic carbocycles. The average Bonchev–Trinajstić information content (AvgIpc) is 2.98. The fourth-order valence-electron chi connectivity index (χ4n) is 3.75. The van der Waals surface area contributed by atoms with Crippen LogP contribution in [0.2, 0.25) is 0 Å². The lowest BCUT2D eigenvalue weighted by Gasteiger charge is -2.09. The number of hydrogen-bond donors (Lipinski definition) is 0. The molecular weight excluding hydrogens is 510 g/mol. The Morgan fingerprint density at radius 1 is 0.725 bits per heavy atom. The zero-order valence-electron chi connectivity index (χ0n) is 21.5. The zero-order chi connectivity index (χ0) is 28.3. The first kappa shape index (κ1) is 27.6. The third-order valence-corrected chi connectivity index (χ3v) is 5.83. The van der Waals surface area contributed by atoms with Crippen molar-refractivity contribution in [1.82, 2.24) is 0 Å². The average molecular weight is 536 g/mol. The highest BCUT2D eigenvalue weighted by Crippen LogP contribution is 2.25. The van der Waals surface area contributed by atoms with Gasteiger partial charge in [-0.1, -0.05) is 43.0 Å². The van der Waals surface area contributed by atoms with Crippen molar-refractivity contribution in [3.63, 3.8) is 0 Å². The Morgan fingerprint density at radius 2 is 1.32 bits per heavy atom. The van der Waals surface area contributed by atoms with Crippen molar-refractivity contribution in [2.75, 3.05) is 13.2 Å². The first-order valence-electron chi connectivity index (χ1n) is 12.5. The number of benzene rings is 4. The quantitative estimate of drug-likeness (QED) is 0.0732. The molecule has 0 amide bonds. The van der Waals surface area contributed by atoms with Crippen LogP contribution in [0.25, 0.3) is 21.9 Å². The SMILES string of the molecule is C=CC(=O)OCCCCOC(=O)Oc1ccc2cc(C(=O)Oc3ccc(-c4ccc(C#N)cc4)cc3)ccc2c1. The van der Waals surface area contributed by atoms with Gasteiger partial charge in [0.2, 0.25) is 0 Å². The predicted molar refractivity (Wildman–Crippen MR) is 148 cm³/mol. The molecule has 40 heavy (non-hydrogen) atoms. The summed E-state index contributed by atoms with van der Waals surface area (Å²) in [6.45, 7) is 3.66. The second-order valence-corrected chi connectivity index (χ2v) is 8.61. The van der Waals surface area contributed by atoms with Crippen molar-refractivity contribution in [1.29, 1.82) is 5.26 Å². The number of unbranched alkanes of at least 4 members (excludes halogenated alkanes) is 1. The van der Waals surface area contributed by atoms with Crippen LogP contribution in [-0.2, 0) is 14.3 Å². The van der Waals surface area contributed by atoms with Crippen LogP contribution in [-0.4, -0.2) is 31.3 Å². The number of carbonyl (C=O) groups excluding carboxylic acids is 3. The highest BCUT2D eigenvalue weighted by molar-refractivity contribution is 5.96. The van der Waals surface area contributed by atoms with Crippen molar-refractivity contribution in [2.45, 2.75) is 12.8 Å². The summed E-state index contributed by atoms with van der Waals surface area (Å²) in [5, 5.41) is 10.5. The lowest BCUT2D eigenvalue weighted by molar-refractivity contribution is -0.137.